The summed E-state index contributed by atoms with van der Waals surface area (Å²) < 4.78 is 0.687. The van der Waals surface area contributed by atoms with Crippen LogP contribution in [-0.2, 0) is 6.54 Å². The molecule has 0 fully saturated rings. The number of nitrogens with zero attached hydrogens (tertiary/aromatic N) is 2. The molecule has 0 bridgehead atoms. The van der Waals surface area contributed by atoms with Gasteiger partial charge in [-0.05, 0) is 32.6 Å². The Bertz CT molecular complexity index is 478. The Morgan fingerprint density at radius 2 is 2.15 bits per heavy atom. The minimum absolute atomic E-state index is 0.0558. The maximum absolute atomic E-state index is 10.6. The lowest BCUT2D eigenvalue weighted by Crippen LogP contribution is -2.45. The monoisotopic (exact) mass is 345 g/mol. The van der Waals surface area contributed by atoms with E-state index in [9.17, 15) is 15.2 Å². The van der Waals surface area contributed by atoms with E-state index >= 15 is 0 Å². The number of hydrogen-bond donors (Lipinski definition) is 2. The number of rotatable bonds is 7. The average Bonchev–Trinajstić information content (AvgIpc) is 2.29. The van der Waals surface area contributed by atoms with E-state index in [2.05, 4.69) is 21.2 Å². The molecule has 7 heteroatoms. The fourth-order valence-corrected chi connectivity index (χ4v) is 2.50. The van der Waals surface area contributed by atoms with E-state index < -0.39 is 10.5 Å². The molecule has 1 atom stereocenters. The van der Waals surface area contributed by atoms with Crippen molar-refractivity contribution in [3.05, 3.63) is 38.3 Å². The predicted molar refractivity (Wildman–Crippen MR) is 81.7 cm³/mol. The van der Waals surface area contributed by atoms with Gasteiger partial charge in [-0.15, -0.1) is 0 Å². The summed E-state index contributed by atoms with van der Waals surface area (Å²) in [5, 5.41) is 23.9. The van der Waals surface area contributed by atoms with Crippen molar-refractivity contribution in [2.75, 3.05) is 27.2 Å². The van der Waals surface area contributed by atoms with Crippen molar-refractivity contribution in [2.45, 2.75) is 19.1 Å². The van der Waals surface area contributed by atoms with E-state index in [0.717, 1.165) is 5.56 Å². The van der Waals surface area contributed by atoms with Crippen molar-refractivity contribution in [1.82, 2.24) is 10.2 Å². The smallest absolute Gasteiger partial charge is 0.270 e. The van der Waals surface area contributed by atoms with Gasteiger partial charge in [-0.3, -0.25) is 10.1 Å². The number of hydrogen-bond acceptors (Lipinski definition) is 5. The minimum Gasteiger partial charge on any atom is -0.388 e. The molecule has 0 spiro atoms. The third-order valence-corrected chi connectivity index (χ3v) is 3.46. The van der Waals surface area contributed by atoms with Gasteiger partial charge in [-0.25, -0.2) is 0 Å². The third kappa shape index (κ3) is 5.54. The molecular weight excluding hydrogens is 326 g/mol. The van der Waals surface area contributed by atoms with Gasteiger partial charge in [0.1, 0.15) is 0 Å². The maximum atomic E-state index is 10.6. The number of nitro groups is 1. The Balaban J connectivity index is 2.56. The van der Waals surface area contributed by atoms with Crippen LogP contribution in [0.25, 0.3) is 0 Å². The van der Waals surface area contributed by atoms with Crippen LogP contribution in [0.3, 0.4) is 0 Å². The molecule has 0 aliphatic rings. The minimum atomic E-state index is -0.823. The molecule has 1 aromatic carbocycles. The molecule has 0 saturated carbocycles. The zero-order valence-electron chi connectivity index (χ0n) is 11.9. The standard InChI is InChI=1S/C13H20BrN3O3/c1-13(18,9-16(2)3)8-15-7-10-4-5-11(17(19)20)6-12(10)14/h4-6,15,18H,7-9H2,1-3H3. The van der Waals surface area contributed by atoms with E-state index in [0.29, 0.717) is 24.1 Å². The van der Waals surface area contributed by atoms with Crippen LogP contribution in [0.15, 0.2) is 22.7 Å². The van der Waals surface area contributed by atoms with Gasteiger partial charge in [0.15, 0.2) is 0 Å². The second-order valence-corrected chi connectivity index (χ2v) is 6.23. The van der Waals surface area contributed by atoms with Crippen LogP contribution in [0.4, 0.5) is 5.69 Å². The van der Waals surface area contributed by atoms with Gasteiger partial charge >= 0.3 is 0 Å². The first-order chi connectivity index (χ1) is 9.21. The number of nitrogens with one attached hydrogen (secondary N) is 1. The molecule has 0 aromatic heterocycles. The molecule has 112 valence electrons. The highest BCUT2D eigenvalue weighted by Gasteiger charge is 2.20. The predicted octanol–water partition coefficient (Wildman–Crippen LogP) is 1.76. The lowest BCUT2D eigenvalue weighted by atomic mass is 10.1. The van der Waals surface area contributed by atoms with Crippen LogP contribution < -0.4 is 5.32 Å². The fraction of sp³-hybridized carbons (Fsp3) is 0.538. The van der Waals surface area contributed by atoms with E-state index in [-0.39, 0.29) is 5.69 Å². The first kappa shape index (κ1) is 17.0. The molecule has 0 radical (unpaired) electrons. The molecule has 1 aromatic rings. The lowest BCUT2D eigenvalue weighted by molar-refractivity contribution is -0.384. The van der Waals surface area contributed by atoms with E-state index in [1.165, 1.54) is 12.1 Å². The number of non-ortho nitro benzene ring substituents is 1. The average molecular weight is 346 g/mol. The van der Waals surface area contributed by atoms with Gasteiger partial charge in [0, 0.05) is 36.2 Å². The topological polar surface area (TPSA) is 78.6 Å². The number of aliphatic hydroxyl groups is 1. The van der Waals surface area contributed by atoms with Crippen molar-refractivity contribution in [1.29, 1.82) is 0 Å². The summed E-state index contributed by atoms with van der Waals surface area (Å²) in [6.07, 6.45) is 0. The van der Waals surface area contributed by atoms with Crippen molar-refractivity contribution >= 4 is 21.6 Å². The molecule has 20 heavy (non-hydrogen) atoms. The Kier molecular flexibility index (Phi) is 6.07. The molecule has 2 N–H and O–H groups in total. The molecule has 0 amide bonds. The normalized spacial score (nSPS) is 14.3. The summed E-state index contributed by atoms with van der Waals surface area (Å²) in [5.41, 5.74) is 0.146. The number of likely N-dealkylation sites (N-methyl/N-ethyl adjacent to an activating group) is 1. The number of halogens is 1. The van der Waals surface area contributed by atoms with Gasteiger partial charge in [-0.2, -0.15) is 0 Å². The van der Waals surface area contributed by atoms with Crippen LogP contribution in [0.2, 0.25) is 0 Å². The van der Waals surface area contributed by atoms with Crippen molar-refractivity contribution in [3.63, 3.8) is 0 Å². The molecule has 1 unspecified atom stereocenters. The van der Waals surface area contributed by atoms with E-state index in [1.807, 2.05) is 19.0 Å². The van der Waals surface area contributed by atoms with Crippen molar-refractivity contribution in [2.24, 2.45) is 0 Å². The van der Waals surface area contributed by atoms with Crippen molar-refractivity contribution < 1.29 is 10.0 Å². The lowest BCUT2D eigenvalue weighted by Gasteiger charge is -2.27. The van der Waals surface area contributed by atoms with Gasteiger partial charge < -0.3 is 15.3 Å². The molecule has 0 aliphatic carbocycles. The molecule has 1 rings (SSSR count). The highest BCUT2D eigenvalue weighted by atomic mass is 79.9. The summed E-state index contributed by atoms with van der Waals surface area (Å²) in [4.78, 5) is 12.1. The second-order valence-electron chi connectivity index (χ2n) is 5.37. The highest BCUT2D eigenvalue weighted by molar-refractivity contribution is 9.10. The maximum Gasteiger partial charge on any atom is 0.270 e. The number of nitro benzene ring substituents is 1. The molecular formula is C13H20BrN3O3. The van der Waals surface area contributed by atoms with E-state index in [1.54, 1.807) is 13.0 Å². The van der Waals surface area contributed by atoms with Crippen LogP contribution in [0, 0.1) is 10.1 Å². The summed E-state index contributed by atoms with van der Waals surface area (Å²) in [6, 6.07) is 4.66. The zero-order chi connectivity index (χ0) is 15.3. The number of benzene rings is 1. The summed E-state index contributed by atoms with van der Waals surface area (Å²) >= 11 is 3.32. The van der Waals surface area contributed by atoms with Gasteiger partial charge in [0.05, 0.1) is 10.5 Å². The van der Waals surface area contributed by atoms with Gasteiger partial charge in [0.2, 0.25) is 0 Å². The van der Waals surface area contributed by atoms with Gasteiger partial charge in [-0.1, -0.05) is 15.9 Å². The Morgan fingerprint density at radius 1 is 1.50 bits per heavy atom. The quantitative estimate of drug-likeness (QED) is 0.581. The van der Waals surface area contributed by atoms with Crippen LogP contribution in [-0.4, -0.2) is 47.7 Å². The highest BCUT2D eigenvalue weighted by Crippen LogP contribution is 2.22. The van der Waals surface area contributed by atoms with E-state index in [4.69, 9.17) is 0 Å². The summed E-state index contributed by atoms with van der Waals surface area (Å²) in [5.74, 6) is 0. The van der Waals surface area contributed by atoms with Crippen LogP contribution in [0.5, 0.6) is 0 Å². The molecule has 6 nitrogen and oxygen atoms in total. The molecule has 0 saturated heterocycles. The molecule has 0 heterocycles. The summed E-state index contributed by atoms with van der Waals surface area (Å²) in [7, 11) is 3.81. The SMILES string of the molecule is CN(C)CC(C)(O)CNCc1ccc([N+](=O)[O-])cc1Br. The largest absolute Gasteiger partial charge is 0.388 e. The first-order valence-electron chi connectivity index (χ1n) is 6.22. The second kappa shape index (κ2) is 7.12. The van der Waals surface area contributed by atoms with Crippen LogP contribution >= 0.6 is 15.9 Å². The van der Waals surface area contributed by atoms with Crippen molar-refractivity contribution in [3.8, 4) is 0 Å². The Labute approximate surface area is 127 Å². The first-order valence-corrected chi connectivity index (χ1v) is 7.01. The molecule has 0 aliphatic heterocycles. The zero-order valence-corrected chi connectivity index (χ0v) is 13.5. The summed E-state index contributed by atoms with van der Waals surface area (Å²) in [6.45, 7) is 3.29. The Hall–Kier alpha value is -1.02. The van der Waals surface area contributed by atoms with Crippen LogP contribution in [0.1, 0.15) is 12.5 Å². The Morgan fingerprint density at radius 3 is 2.65 bits per heavy atom. The third-order valence-electron chi connectivity index (χ3n) is 2.73. The van der Waals surface area contributed by atoms with Gasteiger partial charge in [0.25, 0.3) is 5.69 Å². The fourth-order valence-electron chi connectivity index (χ4n) is 2.00.